The van der Waals surface area contributed by atoms with Gasteiger partial charge in [0.05, 0.1) is 5.69 Å². The maximum Gasteiger partial charge on any atom is 0.245 e. The Labute approximate surface area is 111 Å². The molecule has 1 rings (SSSR count). The first kappa shape index (κ1) is 14.5. The van der Waals surface area contributed by atoms with E-state index in [1.54, 1.807) is 18.2 Å². The predicted molar refractivity (Wildman–Crippen MR) is 73.3 cm³/mol. The summed E-state index contributed by atoms with van der Waals surface area (Å²) in [5.74, 6) is 0. The number of hydrogen-bond donors (Lipinski definition) is 1. The van der Waals surface area contributed by atoms with Crippen molar-refractivity contribution in [2.75, 3.05) is 18.8 Å². The van der Waals surface area contributed by atoms with Gasteiger partial charge in [-0.1, -0.05) is 29.8 Å². The van der Waals surface area contributed by atoms with Crippen molar-refractivity contribution >= 4 is 31.6 Å². The normalized spacial score (nSPS) is 12.0. The minimum Gasteiger partial charge on any atom is -0.398 e. The molecule has 0 unspecified atom stereocenters. The zero-order valence-electron chi connectivity index (χ0n) is 9.98. The lowest BCUT2D eigenvalue weighted by atomic mass is 10.3. The molecule has 0 radical (unpaired) electrons. The summed E-state index contributed by atoms with van der Waals surface area (Å²) >= 11 is 3.26. The van der Waals surface area contributed by atoms with Crippen LogP contribution in [0.3, 0.4) is 0 Å². The molecule has 6 heteroatoms. The maximum absolute atomic E-state index is 12.4. The number of nitrogens with zero attached hydrogens (tertiary/aromatic N) is 1. The fraction of sp³-hybridized carbons (Fsp3) is 0.455. The highest BCUT2D eigenvalue weighted by Gasteiger charge is 2.24. The van der Waals surface area contributed by atoms with Gasteiger partial charge in [-0.3, -0.25) is 0 Å². The van der Waals surface area contributed by atoms with Crippen molar-refractivity contribution in [1.29, 1.82) is 0 Å². The van der Waals surface area contributed by atoms with Crippen LogP contribution >= 0.6 is 15.9 Å². The zero-order valence-corrected chi connectivity index (χ0v) is 12.4. The molecular weight excluding hydrogens is 304 g/mol. The highest BCUT2D eigenvalue weighted by molar-refractivity contribution is 9.10. The SMILES string of the molecule is CCCN(CC)S(=O)(=O)c1cc(Br)ccc1N. The maximum atomic E-state index is 12.4. The summed E-state index contributed by atoms with van der Waals surface area (Å²) in [4.78, 5) is 0.169. The van der Waals surface area contributed by atoms with Crippen molar-refractivity contribution in [1.82, 2.24) is 4.31 Å². The molecule has 96 valence electrons. The van der Waals surface area contributed by atoms with Crippen molar-refractivity contribution in [3.05, 3.63) is 22.7 Å². The Hall–Kier alpha value is -0.590. The summed E-state index contributed by atoms with van der Waals surface area (Å²) in [7, 11) is -3.49. The average Bonchev–Trinajstić information content (AvgIpc) is 2.28. The Morgan fingerprint density at radius 2 is 2.00 bits per heavy atom. The summed E-state index contributed by atoms with van der Waals surface area (Å²) in [5.41, 5.74) is 6.02. The molecule has 0 aliphatic rings. The molecule has 0 bridgehead atoms. The number of nitrogens with two attached hydrogens (primary N) is 1. The molecule has 17 heavy (non-hydrogen) atoms. The van der Waals surface area contributed by atoms with Gasteiger partial charge in [-0.15, -0.1) is 0 Å². The van der Waals surface area contributed by atoms with Crippen molar-refractivity contribution in [3.63, 3.8) is 0 Å². The molecule has 0 aliphatic carbocycles. The number of halogens is 1. The summed E-state index contributed by atoms with van der Waals surface area (Å²) in [5, 5.41) is 0. The highest BCUT2D eigenvalue weighted by atomic mass is 79.9. The Morgan fingerprint density at radius 3 is 2.53 bits per heavy atom. The van der Waals surface area contributed by atoms with Gasteiger partial charge in [0.25, 0.3) is 0 Å². The number of benzene rings is 1. The van der Waals surface area contributed by atoms with Gasteiger partial charge in [-0.25, -0.2) is 8.42 Å². The second-order valence-electron chi connectivity index (χ2n) is 3.68. The van der Waals surface area contributed by atoms with Gasteiger partial charge in [0.2, 0.25) is 10.0 Å². The Morgan fingerprint density at radius 1 is 1.35 bits per heavy atom. The van der Waals surface area contributed by atoms with E-state index in [1.165, 1.54) is 4.31 Å². The first-order valence-electron chi connectivity index (χ1n) is 5.48. The molecule has 0 saturated heterocycles. The molecule has 2 N–H and O–H groups in total. The molecule has 0 fully saturated rings. The number of anilines is 1. The standard InChI is InChI=1S/C11H17BrN2O2S/c1-3-7-14(4-2)17(15,16)11-8-9(12)5-6-10(11)13/h5-6,8H,3-4,7,13H2,1-2H3. The second kappa shape index (κ2) is 5.84. The molecule has 0 aromatic heterocycles. The first-order valence-corrected chi connectivity index (χ1v) is 7.72. The van der Waals surface area contributed by atoms with E-state index in [2.05, 4.69) is 15.9 Å². The molecule has 0 heterocycles. The lowest BCUT2D eigenvalue weighted by Crippen LogP contribution is -2.32. The van der Waals surface area contributed by atoms with E-state index in [0.29, 0.717) is 17.6 Å². The van der Waals surface area contributed by atoms with Crippen LogP contribution in [0.4, 0.5) is 5.69 Å². The molecule has 0 saturated carbocycles. The molecular formula is C11H17BrN2O2S. The quantitative estimate of drug-likeness (QED) is 0.847. The fourth-order valence-electron chi connectivity index (χ4n) is 1.57. The van der Waals surface area contributed by atoms with Gasteiger partial charge in [-0.05, 0) is 24.6 Å². The van der Waals surface area contributed by atoms with Crippen LogP contribution < -0.4 is 5.73 Å². The first-order chi connectivity index (χ1) is 7.93. The van der Waals surface area contributed by atoms with Crippen molar-refractivity contribution < 1.29 is 8.42 Å². The van der Waals surface area contributed by atoms with Crippen LogP contribution in [0.5, 0.6) is 0 Å². The van der Waals surface area contributed by atoms with E-state index in [4.69, 9.17) is 5.73 Å². The third-order valence-corrected chi connectivity index (χ3v) is 4.94. The predicted octanol–water partition coefficient (Wildman–Crippen LogP) is 2.45. The number of sulfonamides is 1. The van der Waals surface area contributed by atoms with Crippen LogP contribution in [0.15, 0.2) is 27.6 Å². The molecule has 0 atom stereocenters. The van der Waals surface area contributed by atoms with Crippen LogP contribution in [0.2, 0.25) is 0 Å². The van der Waals surface area contributed by atoms with E-state index >= 15 is 0 Å². The molecule has 0 amide bonds. The van der Waals surface area contributed by atoms with Gasteiger partial charge >= 0.3 is 0 Å². The van der Waals surface area contributed by atoms with E-state index in [1.807, 2.05) is 13.8 Å². The minimum absolute atomic E-state index is 0.169. The Bertz CT molecular complexity index is 488. The number of rotatable bonds is 5. The molecule has 1 aromatic carbocycles. The summed E-state index contributed by atoms with van der Waals surface area (Å²) in [6.07, 6.45) is 0.779. The Balaban J connectivity index is 3.24. The monoisotopic (exact) mass is 320 g/mol. The average molecular weight is 321 g/mol. The summed E-state index contributed by atoms with van der Waals surface area (Å²) in [6, 6.07) is 4.87. The molecule has 4 nitrogen and oxygen atoms in total. The summed E-state index contributed by atoms with van der Waals surface area (Å²) < 4.78 is 26.8. The summed E-state index contributed by atoms with van der Waals surface area (Å²) in [6.45, 7) is 4.72. The van der Waals surface area contributed by atoms with E-state index in [9.17, 15) is 8.42 Å². The van der Waals surface area contributed by atoms with Gasteiger partial charge in [0, 0.05) is 17.6 Å². The van der Waals surface area contributed by atoms with Crippen molar-refractivity contribution in [2.24, 2.45) is 0 Å². The topological polar surface area (TPSA) is 63.4 Å². The van der Waals surface area contributed by atoms with E-state index in [-0.39, 0.29) is 10.6 Å². The van der Waals surface area contributed by atoms with Crippen LogP contribution in [-0.2, 0) is 10.0 Å². The zero-order chi connectivity index (χ0) is 13.1. The largest absolute Gasteiger partial charge is 0.398 e. The number of hydrogen-bond acceptors (Lipinski definition) is 3. The van der Waals surface area contributed by atoms with E-state index in [0.717, 1.165) is 6.42 Å². The lowest BCUT2D eigenvalue weighted by Gasteiger charge is -2.20. The van der Waals surface area contributed by atoms with Crippen LogP contribution in [0, 0.1) is 0 Å². The highest BCUT2D eigenvalue weighted by Crippen LogP contribution is 2.26. The van der Waals surface area contributed by atoms with E-state index < -0.39 is 10.0 Å². The smallest absolute Gasteiger partial charge is 0.245 e. The number of nitrogen functional groups attached to an aromatic ring is 1. The van der Waals surface area contributed by atoms with Crippen molar-refractivity contribution in [3.8, 4) is 0 Å². The molecule has 1 aromatic rings. The molecule has 0 spiro atoms. The van der Waals surface area contributed by atoms with Crippen LogP contribution in [-0.4, -0.2) is 25.8 Å². The van der Waals surface area contributed by atoms with Gasteiger partial charge in [-0.2, -0.15) is 4.31 Å². The lowest BCUT2D eigenvalue weighted by molar-refractivity contribution is 0.427. The minimum atomic E-state index is -3.49. The van der Waals surface area contributed by atoms with Crippen LogP contribution in [0.25, 0.3) is 0 Å². The van der Waals surface area contributed by atoms with Gasteiger partial charge in [0.15, 0.2) is 0 Å². The fourth-order valence-corrected chi connectivity index (χ4v) is 3.76. The van der Waals surface area contributed by atoms with Gasteiger partial charge in [0.1, 0.15) is 4.90 Å². The third kappa shape index (κ3) is 3.20. The van der Waals surface area contributed by atoms with Gasteiger partial charge < -0.3 is 5.73 Å². The Kier molecular flexibility index (Phi) is 4.97. The third-order valence-electron chi connectivity index (χ3n) is 2.42. The van der Waals surface area contributed by atoms with Crippen molar-refractivity contribution in [2.45, 2.75) is 25.2 Å². The molecule has 0 aliphatic heterocycles. The second-order valence-corrected chi connectivity index (χ2v) is 6.50. The van der Waals surface area contributed by atoms with Crippen LogP contribution in [0.1, 0.15) is 20.3 Å².